The van der Waals surface area contributed by atoms with Crippen LogP contribution in [0.2, 0.25) is 0 Å². The Labute approximate surface area is 206 Å². The molecule has 35 heavy (non-hydrogen) atoms. The molecule has 1 aliphatic heterocycles. The summed E-state index contributed by atoms with van der Waals surface area (Å²) in [5, 5.41) is 19.3. The summed E-state index contributed by atoms with van der Waals surface area (Å²) in [6, 6.07) is 10.1. The largest absolute Gasteiger partial charge is 0.394 e. The van der Waals surface area contributed by atoms with Crippen LogP contribution >= 0.6 is 0 Å². The molecule has 3 aromatic rings. The highest BCUT2D eigenvalue weighted by molar-refractivity contribution is 5.78. The van der Waals surface area contributed by atoms with Gasteiger partial charge in [-0.2, -0.15) is 0 Å². The Hall–Kier alpha value is -2.88. The molecule has 1 N–H and O–H groups in total. The fourth-order valence-corrected chi connectivity index (χ4v) is 4.59. The fourth-order valence-electron chi connectivity index (χ4n) is 4.59. The van der Waals surface area contributed by atoms with Gasteiger partial charge < -0.3 is 14.7 Å². The molecule has 4 rings (SSSR count). The number of aliphatic hydroxyl groups is 1. The van der Waals surface area contributed by atoms with Crippen LogP contribution in [0, 0.1) is 5.92 Å². The van der Waals surface area contributed by atoms with Crippen LogP contribution in [-0.4, -0.2) is 79.7 Å². The van der Waals surface area contributed by atoms with E-state index < -0.39 is 0 Å². The zero-order valence-electron chi connectivity index (χ0n) is 20.9. The van der Waals surface area contributed by atoms with Gasteiger partial charge in [0.25, 0.3) is 0 Å². The fraction of sp³-hybridized carbons (Fsp3) is 0.538. The summed E-state index contributed by atoms with van der Waals surface area (Å²) in [6.07, 6.45) is 4.66. The van der Waals surface area contributed by atoms with Crippen molar-refractivity contribution in [3.8, 4) is 0 Å². The van der Waals surface area contributed by atoms with E-state index in [0.717, 1.165) is 23.1 Å². The molecular formula is C26H36N6O3. The minimum absolute atomic E-state index is 0.0498. The molecule has 2 aromatic heterocycles. The zero-order chi connectivity index (χ0) is 24.8. The number of hydrogen-bond donors (Lipinski definition) is 1. The second-order valence-corrected chi connectivity index (χ2v) is 9.71. The average Bonchev–Trinajstić information content (AvgIpc) is 3.31. The van der Waals surface area contributed by atoms with Crippen LogP contribution in [0.4, 0.5) is 0 Å². The Morgan fingerprint density at radius 3 is 3.00 bits per heavy atom. The van der Waals surface area contributed by atoms with Gasteiger partial charge in [0.1, 0.15) is 5.69 Å². The van der Waals surface area contributed by atoms with Crippen molar-refractivity contribution in [2.45, 2.75) is 58.5 Å². The number of nitrogens with zero attached hydrogens (tertiary/aromatic N) is 6. The normalized spacial score (nSPS) is 20.9. The first-order chi connectivity index (χ1) is 16.9. The number of fused-ring (bicyclic) bond motifs is 3. The number of hydrogen-bond acceptors (Lipinski definition) is 7. The van der Waals surface area contributed by atoms with Crippen LogP contribution in [0.3, 0.4) is 0 Å². The van der Waals surface area contributed by atoms with Crippen LogP contribution < -0.4 is 0 Å². The van der Waals surface area contributed by atoms with E-state index in [1.807, 2.05) is 25.4 Å². The number of amides is 1. The van der Waals surface area contributed by atoms with Gasteiger partial charge in [0.15, 0.2) is 0 Å². The minimum Gasteiger partial charge on any atom is -0.394 e. The molecule has 0 fully saturated rings. The van der Waals surface area contributed by atoms with E-state index in [9.17, 15) is 9.90 Å². The Balaban J connectivity index is 1.50. The molecule has 1 amide bonds. The monoisotopic (exact) mass is 480 g/mol. The van der Waals surface area contributed by atoms with Gasteiger partial charge in [0, 0.05) is 50.1 Å². The number of aromatic nitrogens is 4. The third kappa shape index (κ3) is 6.62. The van der Waals surface area contributed by atoms with Crippen LogP contribution in [-0.2, 0) is 29.2 Å². The highest BCUT2D eigenvalue weighted by Gasteiger charge is 2.28. The summed E-state index contributed by atoms with van der Waals surface area (Å²) in [4.78, 5) is 21.5. The van der Waals surface area contributed by atoms with Gasteiger partial charge in [-0.3, -0.25) is 19.4 Å². The van der Waals surface area contributed by atoms with Gasteiger partial charge >= 0.3 is 0 Å². The Bertz CT molecular complexity index is 1120. The molecule has 0 aliphatic carbocycles. The van der Waals surface area contributed by atoms with Crippen molar-refractivity contribution < 1.29 is 14.6 Å². The minimum atomic E-state index is -0.240. The smallest absolute Gasteiger partial charge is 0.222 e. The van der Waals surface area contributed by atoms with Gasteiger partial charge in [-0.1, -0.05) is 30.3 Å². The standard InChI is InChI=1S/C26H36N6O3/c1-19-13-32(20(2)17-33)26(34)7-5-11-31-15-23(28-29-31)18-35-25(19)16-30(3)14-21-8-9-22-6-4-10-27-24(22)12-21/h4,6,8-10,12,15,19-20,25,33H,5,7,11,13-14,16-18H2,1-3H3/t19-,20-,25-/m1/s1. The van der Waals surface area contributed by atoms with Crippen molar-refractivity contribution in [2.24, 2.45) is 5.92 Å². The Morgan fingerprint density at radius 2 is 2.17 bits per heavy atom. The molecule has 9 nitrogen and oxygen atoms in total. The maximum atomic E-state index is 13.0. The second-order valence-electron chi connectivity index (χ2n) is 9.71. The van der Waals surface area contributed by atoms with Crippen molar-refractivity contribution in [3.05, 3.63) is 54.0 Å². The summed E-state index contributed by atoms with van der Waals surface area (Å²) in [5.74, 6) is 0.109. The molecule has 2 bridgehead atoms. The third-order valence-electron chi connectivity index (χ3n) is 6.66. The lowest BCUT2D eigenvalue weighted by Crippen LogP contribution is -2.47. The van der Waals surface area contributed by atoms with E-state index in [2.05, 4.69) is 58.4 Å². The predicted octanol–water partition coefficient (Wildman–Crippen LogP) is 2.48. The van der Waals surface area contributed by atoms with E-state index in [4.69, 9.17) is 4.74 Å². The topological polar surface area (TPSA) is 96.6 Å². The number of aryl methyl sites for hydroxylation is 1. The number of aliphatic hydroxyl groups excluding tert-OH is 1. The third-order valence-corrected chi connectivity index (χ3v) is 6.66. The molecule has 0 unspecified atom stereocenters. The van der Waals surface area contributed by atoms with Gasteiger partial charge in [-0.25, -0.2) is 0 Å². The number of carbonyl (C=O) groups is 1. The van der Waals surface area contributed by atoms with Crippen molar-refractivity contribution >= 4 is 16.8 Å². The molecule has 3 heterocycles. The highest BCUT2D eigenvalue weighted by Crippen LogP contribution is 2.19. The molecule has 188 valence electrons. The number of ether oxygens (including phenoxy) is 1. The summed E-state index contributed by atoms with van der Waals surface area (Å²) >= 11 is 0. The van der Waals surface area contributed by atoms with Crippen LogP contribution in [0.5, 0.6) is 0 Å². The first-order valence-corrected chi connectivity index (χ1v) is 12.4. The van der Waals surface area contributed by atoms with Gasteiger partial charge in [-0.05, 0) is 38.1 Å². The summed E-state index contributed by atoms with van der Waals surface area (Å²) in [5.41, 5.74) is 2.96. The molecule has 0 saturated carbocycles. The molecule has 3 atom stereocenters. The molecule has 0 radical (unpaired) electrons. The average molecular weight is 481 g/mol. The van der Waals surface area contributed by atoms with E-state index >= 15 is 0 Å². The van der Waals surface area contributed by atoms with Crippen molar-refractivity contribution in [2.75, 3.05) is 26.7 Å². The number of rotatable bonds is 6. The molecular weight excluding hydrogens is 444 g/mol. The van der Waals surface area contributed by atoms with Crippen LogP contribution in [0.1, 0.15) is 37.9 Å². The Kier molecular flexibility index (Phi) is 8.43. The van der Waals surface area contributed by atoms with Gasteiger partial charge in [-0.15, -0.1) is 5.10 Å². The molecule has 1 aliphatic rings. The number of likely N-dealkylation sites (N-methyl/N-ethyl adjacent to an activating group) is 1. The van der Waals surface area contributed by atoms with Gasteiger partial charge in [0.2, 0.25) is 5.91 Å². The maximum absolute atomic E-state index is 13.0. The van der Waals surface area contributed by atoms with Crippen molar-refractivity contribution in [3.63, 3.8) is 0 Å². The van der Waals surface area contributed by atoms with E-state index in [1.54, 1.807) is 9.58 Å². The molecule has 0 saturated heterocycles. The van der Waals surface area contributed by atoms with Crippen LogP contribution in [0.15, 0.2) is 42.7 Å². The zero-order valence-corrected chi connectivity index (χ0v) is 20.9. The predicted molar refractivity (Wildman–Crippen MR) is 133 cm³/mol. The first-order valence-electron chi connectivity index (χ1n) is 12.4. The van der Waals surface area contributed by atoms with E-state index in [-0.39, 0.29) is 30.6 Å². The summed E-state index contributed by atoms with van der Waals surface area (Å²) in [7, 11) is 2.08. The van der Waals surface area contributed by atoms with Crippen molar-refractivity contribution in [1.82, 2.24) is 29.8 Å². The lowest BCUT2D eigenvalue weighted by molar-refractivity contribution is -0.136. The van der Waals surface area contributed by atoms with Gasteiger partial charge in [0.05, 0.1) is 37.1 Å². The lowest BCUT2D eigenvalue weighted by atomic mass is 10.0. The second kappa shape index (κ2) is 11.7. The summed E-state index contributed by atoms with van der Waals surface area (Å²) < 4.78 is 8.14. The first kappa shape index (κ1) is 25.2. The number of benzene rings is 1. The highest BCUT2D eigenvalue weighted by atomic mass is 16.5. The maximum Gasteiger partial charge on any atom is 0.222 e. The van der Waals surface area contributed by atoms with E-state index in [0.29, 0.717) is 39.1 Å². The number of pyridine rings is 1. The van der Waals surface area contributed by atoms with Crippen molar-refractivity contribution in [1.29, 1.82) is 0 Å². The SMILES string of the molecule is C[C@@H]1CN([C@H](C)CO)C(=O)CCCn2cc(nn2)CO[C@@H]1CN(C)Cc1ccc2cccnc2c1. The van der Waals surface area contributed by atoms with Crippen LogP contribution in [0.25, 0.3) is 10.9 Å². The lowest BCUT2D eigenvalue weighted by Gasteiger charge is -2.35. The van der Waals surface area contributed by atoms with E-state index in [1.165, 1.54) is 5.56 Å². The molecule has 0 spiro atoms. The number of carbonyl (C=O) groups excluding carboxylic acids is 1. The summed E-state index contributed by atoms with van der Waals surface area (Å²) in [6.45, 7) is 6.90. The molecule has 1 aromatic carbocycles. The quantitative estimate of drug-likeness (QED) is 0.579. The molecule has 9 heteroatoms. The Morgan fingerprint density at radius 1 is 1.31 bits per heavy atom.